The largest absolute Gasteiger partial charge is 0.326 e. The van der Waals surface area contributed by atoms with Crippen LogP contribution in [0.2, 0.25) is 0 Å². The molecule has 1 aromatic rings. The number of benzene rings is 1. The summed E-state index contributed by atoms with van der Waals surface area (Å²) >= 11 is 1.75. The monoisotopic (exact) mass is 233 g/mol. The zero-order valence-electron chi connectivity index (χ0n) is 6.41. The first-order valence-corrected chi connectivity index (χ1v) is 4.42. The lowest BCUT2D eigenvalue weighted by molar-refractivity contribution is 1.07. The highest BCUT2D eigenvalue weighted by atomic mass is 79.9. The molecule has 0 aliphatic rings. The molecule has 0 spiro atoms. The molecular weight excluding hydrogens is 222 g/mol. The van der Waals surface area contributed by atoms with E-state index >= 15 is 0 Å². The lowest BCUT2D eigenvalue weighted by Crippen LogP contribution is -1.94. The van der Waals surface area contributed by atoms with Crippen LogP contribution in [-0.4, -0.2) is 6.26 Å². The zero-order chi connectivity index (χ0) is 7.40. The molecule has 0 fully saturated rings. The van der Waals surface area contributed by atoms with E-state index in [1.807, 2.05) is 0 Å². The molecule has 0 bridgehead atoms. The van der Waals surface area contributed by atoms with Gasteiger partial charge in [0.15, 0.2) is 0 Å². The topological polar surface area (TPSA) is 26.0 Å². The predicted molar refractivity (Wildman–Crippen MR) is 56.4 cm³/mol. The maximum Gasteiger partial charge on any atom is 0.0178 e. The van der Waals surface area contributed by atoms with Gasteiger partial charge in [0, 0.05) is 11.4 Å². The van der Waals surface area contributed by atoms with E-state index in [0.29, 0.717) is 6.54 Å². The SMILES string of the molecule is Br.CSc1ccc(CN)cc1. The maximum absolute atomic E-state index is 5.43. The van der Waals surface area contributed by atoms with Crippen molar-refractivity contribution in [2.24, 2.45) is 5.73 Å². The quantitative estimate of drug-likeness (QED) is 0.795. The highest BCUT2D eigenvalue weighted by molar-refractivity contribution is 8.93. The Balaban J connectivity index is 0.000001000. The van der Waals surface area contributed by atoms with Crippen LogP contribution in [0.15, 0.2) is 29.2 Å². The van der Waals surface area contributed by atoms with E-state index < -0.39 is 0 Å². The molecule has 0 saturated heterocycles. The second-order valence-corrected chi connectivity index (χ2v) is 2.93. The predicted octanol–water partition coefficient (Wildman–Crippen LogP) is 2.45. The second-order valence-electron chi connectivity index (χ2n) is 2.05. The van der Waals surface area contributed by atoms with E-state index in [1.165, 1.54) is 10.5 Å². The highest BCUT2D eigenvalue weighted by Gasteiger charge is 1.88. The molecule has 0 aliphatic heterocycles. The molecule has 62 valence electrons. The molecule has 1 rings (SSSR count). The van der Waals surface area contributed by atoms with Gasteiger partial charge in [-0.2, -0.15) is 0 Å². The Morgan fingerprint density at radius 3 is 2.18 bits per heavy atom. The van der Waals surface area contributed by atoms with Gasteiger partial charge in [-0.15, -0.1) is 28.7 Å². The van der Waals surface area contributed by atoms with Crippen molar-refractivity contribution < 1.29 is 0 Å². The summed E-state index contributed by atoms with van der Waals surface area (Å²) in [7, 11) is 0. The summed E-state index contributed by atoms with van der Waals surface area (Å²) in [5.41, 5.74) is 6.63. The van der Waals surface area contributed by atoms with Crippen molar-refractivity contribution in [3.05, 3.63) is 29.8 Å². The van der Waals surface area contributed by atoms with Gasteiger partial charge in [-0.05, 0) is 24.0 Å². The molecule has 11 heavy (non-hydrogen) atoms. The van der Waals surface area contributed by atoms with Crippen LogP contribution in [0.25, 0.3) is 0 Å². The standard InChI is InChI=1S/C8H11NS.BrH/c1-10-8-4-2-7(6-9)3-5-8;/h2-5H,6,9H2,1H3;1H. The Morgan fingerprint density at radius 1 is 1.27 bits per heavy atom. The second kappa shape index (κ2) is 5.63. The Bertz CT molecular complexity index is 175. The molecule has 0 amide bonds. The summed E-state index contributed by atoms with van der Waals surface area (Å²) in [6.07, 6.45) is 2.07. The minimum absolute atomic E-state index is 0. The summed E-state index contributed by atoms with van der Waals surface area (Å²) in [6, 6.07) is 8.30. The van der Waals surface area contributed by atoms with E-state index in [1.54, 1.807) is 11.8 Å². The third kappa shape index (κ3) is 3.27. The number of thioether (sulfide) groups is 1. The molecule has 0 saturated carbocycles. The van der Waals surface area contributed by atoms with Gasteiger partial charge in [-0.3, -0.25) is 0 Å². The fraction of sp³-hybridized carbons (Fsp3) is 0.250. The molecule has 0 unspecified atom stereocenters. The van der Waals surface area contributed by atoms with Gasteiger partial charge in [0.05, 0.1) is 0 Å². The molecule has 2 N–H and O–H groups in total. The fourth-order valence-corrected chi connectivity index (χ4v) is 1.17. The van der Waals surface area contributed by atoms with Crippen molar-refractivity contribution >= 4 is 28.7 Å². The van der Waals surface area contributed by atoms with Crippen LogP contribution in [0.1, 0.15) is 5.56 Å². The van der Waals surface area contributed by atoms with Crippen molar-refractivity contribution in [1.29, 1.82) is 0 Å². The van der Waals surface area contributed by atoms with E-state index in [4.69, 9.17) is 5.73 Å². The number of hydrogen-bond acceptors (Lipinski definition) is 2. The molecule has 0 heterocycles. The maximum atomic E-state index is 5.43. The van der Waals surface area contributed by atoms with E-state index in [2.05, 4.69) is 30.5 Å². The lowest BCUT2D eigenvalue weighted by atomic mass is 10.2. The van der Waals surface area contributed by atoms with Gasteiger partial charge < -0.3 is 5.73 Å². The van der Waals surface area contributed by atoms with Crippen LogP contribution in [0.5, 0.6) is 0 Å². The summed E-state index contributed by atoms with van der Waals surface area (Å²) in [5.74, 6) is 0. The van der Waals surface area contributed by atoms with Crippen LogP contribution < -0.4 is 5.73 Å². The van der Waals surface area contributed by atoms with E-state index in [9.17, 15) is 0 Å². The first-order valence-electron chi connectivity index (χ1n) is 3.20. The van der Waals surface area contributed by atoms with Crippen LogP contribution >= 0.6 is 28.7 Å². The Kier molecular flexibility index (Phi) is 5.64. The summed E-state index contributed by atoms with van der Waals surface area (Å²) < 4.78 is 0. The Labute approximate surface area is 82.1 Å². The van der Waals surface area contributed by atoms with Crippen LogP contribution in [-0.2, 0) is 6.54 Å². The Hall–Kier alpha value is 0.01000. The summed E-state index contributed by atoms with van der Waals surface area (Å²) in [4.78, 5) is 1.29. The van der Waals surface area contributed by atoms with Crippen molar-refractivity contribution in [3.8, 4) is 0 Å². The van der Waals surface area contributed by atoms with E-state index in [0.717, 1.165) is 0 Å². The first kappa shape index (κ1) is 11.0. The molecule has 0 aromatic heterocycles. The zero-order valence-corrected chi connectivity index (χ0v) is 8.94. The molecule has 1 nitrogen and oxygen atoms in total. The van der Waals surface area contributed by atoms with E-state index in [-0.39, 0.29) is 17.0 Å². The van der Waals surface area contributed by atoms with Crippen molar-refractivity contribution in [1.82, 2.24) is 0 Å². The molecule has 0 aliphatic carbocycles. The van der Waals surface area contributed by atoms with Gasteiger partial charge in [-0.25, -0.2) is 0 Å². The minimum Gasteiger partial charge on any atom is -0.326 e. The van der Waals surface area contributed by atoms with Gasteiger partial charge in [-0.1, -0.05) is 12.1 Å². The molecule has 1 aromatic carbocycles. The van der Waals surface area contributed by atoms with Crippen LogP contribution in [0, 0.1) is 0 Å². The first-order chi connectivity index (χ1) is 4.86. The number of nitrogens with two attached hydrogens (primary N) is 1. The molecular formula is C8H12BrNS. The lowest BCUT2D eigenvalue weighted by Gasteiger charge is -1.97. The minimum atomic E-state index is 0. The van der Waals surface area contributed by atoms with Crippen LogP contribution in [0.4, 0.5) is 0 Å². The molecule has 0 atom stereocenters. The van der Waals surface area contributed by atoms with Gasteiger partial charge in [0.25, 0.3) is 0 Å². The van der Waals surface area contributed by atoms with Gasteiger partial charge in [0.1, 0.15) is 0 Å². The fourth-order valence-electron chi connectivity index (χ4n) is 0.762. The molecule has 3 heteroatoms. The van der Waals surface area contributed by atoms with Gasteiger partial charge >= 0.3 is 0 Å². The van der Waals surface area contributed by atoms with Crippen molar-refractivity contribution in [3.63, 3.8) is 0 Å². The number of halogens is 1. The Morgan fingerprint density at radius 2 is 1.82 bits per heavy atom. The number of hydrogen-bond donors (Lipinski definition) is 1. The average molecular weight is 234 g/mol. The number of rotatable bonds is 2. The third-order valence-corrected chi connectivity index (χ3v) is 2.14. The van der Waals surface area contributed by atoms with Crippen LogP contribution in [0.3, 0.4) is 0 Å². The normalized spacial score (nSPS) is 8.91. The van der Waals surface area contributed by atoms with Crippen molar-refractivity contribution in [2.75, 3.05) is 6.26 Å². The van der Waals surface area contributed by atoms with Crippen molar-refractivity contribution in [2.45, 2.75) is 11.4 Å². The summed E-state index contributed by atoms with van der Waals surface area (Å²) in [6.45, 7) is 0.634. The highest BCUT2D eigenvalue weighted by Crippen LogP contribution is 2.14. The molecule has 0 radical (unpaired) electrons. The average Bonchev–Trinajstić information content (AvgIpc) is 2.05. The van der Waals surface area contributed by atoms with Gasteiger partial charge in [0.2, 0.25) is 0 Å². The summed E-state index contributed by atoms with van der Waals surface area (Å²) in [5, 5.41) is 0. The smallest absolute Gasteiger partial charge is 0.0178 e. The third-order valence-electron chi connectivity index (χ3n) is 1.39.